The SMILES string of the molecule is Cc1cccc(OCCCNC(=O)c2cc(CF)n(C)c(=O)c2O)c1. The molecule has 2 aromatic rings. The molecule has 1 amide bonds. The van der Waals surface area contributed by atoms with Crippen LogP contribution in [0.3, 0.4) is 0 Å². The molecule has 0 saturated heterocycles. The number of carbonyl (C=O) groups is 1. The van der Waals surface area contributed by atoms with E-state index < -0.39 is 23.9 Å². The van der Waals surface area contributed by atoms with E-state index in [1.807, 2.05) is 31.2 Å². The van der Waals surface area contributed by atoms with Gasteiger partial charge in [0.05, 0.1) is 17.9 Å². The Morgan fingerprint density at radius 2 is 2.12 bits per heavy atom. The predicted octanol–water partition coefficient (Wildman–Crippen LogP) is 2.07. The summed E-state index contributed by atoms with van der Waals surface area (Å²) in [5, 5.41) is 12.4. The molecular weight excluding hydrogens is 327 g/mol. The molecule has 0 radical (unpaired) electrons. The van der Waals surface area contributed by atoms with Crippen LogP contribution in [0.4, 0.5) is 4.39 Å². The number of hydrogen-bond acceptors (Lipinski definition) is 4. The van der Waals surface area contributed by atoms with E-state index in [0.29, 0.717) is 19.6 Å². The molecule has 0 aliphatic carbocycles. The summed E-state index contributed by atoms with van der Waals surface area (Å²) in [5.74, 6) is -0.559. The largest absolute Gasteiger partial charge is 0.502 e. The Morgan fingerprint density at radius 3 is 2.80 bits per heavy atom. The summed E-state index contributed by atoms with van der Waals surface area (Å²) >= 11 is 0. The Labute approximate surface area is 144 Å². The normalized spacial score (nSPS) is 10.5. The van der Waals surface area contributed by atoms with E-state index in [9.17, 15) is 19.1 Å². The van der Waals surface area contributed by atoms with Gasteiger partial charge in [-0.15, -0.1) is 0 Å². The van der Waals surface area contributed by atoms with Crippen molar-refractivity contribution in [2.24, 2.45) is 7.05 Å². The predicted molar refractivity (Wildman–Crippen MR) is 91.8 cm³/mol. The second-order valence-electron chi connectivity index (χ2n) is 5.67. The van der Waals surface area contributed by atoms with Crippen LogP contribution in [0.2, 0.25) is 0 Å². The first-order chi connectivity index (χ1) is 11.9. The van der Waals surface area contributed by atoms with Gasteiger partial charge in [0.1, 0.15) is 12.4 Å². The van der Waals surface area contributed by atoms with Crippen LogP contribution in [0.5, 0.6) is 11.5 Å². The molecule has 2 N–H and O–H groups in total. The zero-order valence-corrected chi connectivity index (χ0v) is 14.2. The highest BCUT2D eigenvalue weighted by Crippen LogP contribution is 2.14. The monoisotopic (exact) mass is 348 g/mol. The van der Waals surface area contributed by atoms with Gasteiger partial charge in [-0.05, 0) is 37.1 Å². The van der Waals surface area contributed by atoms with Crippen LogP contribution in [0.1, 0.15) is 28.0 Å². The summed E-state index contributed by atoms with van der Waals surface area (Å²) in [6.07, 6.45) is 0.543. The molecule has 2 rings (SSSR count). The first kappa shape index (κ1) is 18.5. The number of pyridine rings is 1. The first-order valence-electron chi connectivity index (χ1n) is 7.89. The molecule has 0 unspecified atom stereocenters. The van der Waals surface area contributed by atoms with Crippen molar-refractivity contribution in [3.8, 4) is 11.5 Å². The van der Waals surface area contributed by atoms with E-state index in [4.69, 9.17) is 4.74 Å². The van der Waals surface area contributed by atoms with E-state index in [2.05, 4.69) is 5.32 Å². The molecule has 6 nitrogen and oxygen atoms in total. The third-order valence-corrected chi connectivity index (χ3v) is 3.75. The lowest BCUT2D eigenvalue weighted by atomic mass is 10.2. The maximum absolute atomic E-state index is 12.9. The maximum atomic E-state index is 12.9. The molecule has 0 aliphatic rings. The summed E-state index contributed by atoms with van der Waals surface area (Å²) < 4.78 is 19.4. The van der Waals surface area contributed by atoms with Crippen LogP contribution in [-0.2, 0) is 13.7 Å². The average Bonchev–Trinajstić information content (AvgIpc) is 2.59. The van der Waals surface area contributed by atoms with Gasteiger partial charge in [0.25, 0.3) is 11.5 Å². The number of aryl methyl sites for hydroxylation is 1. The smallest absolute Gasteiger partial charge is 0.293 e. The van der Waals surface area contributed by atoms with Crippen molar-refractivity contribution in [3.05, 3.63) is 57.5 Å². The van der Waals surface area contributed by atoms with Gasteiger partial charge in [0, 0.05) is 13.6 Å². The molecule has 0 atom stereocenters. The summed E-state index contributed by atoms with van der Waals surface area (Å²) in [6, 6.07) is 8.80. The fourth-order valence-electron chi connectivity index (χ4n) is 2.30. The van der Waals surface area contributed by atoms with Crippen molar-refractivity contribution < 1.29 is 19.0 Å². The minimum atomic E-state index is -0.906. The molecule has 1 heterocycles. The summed E-state index contributed by atoms with van der Waals surface area (Å²) in [7, 11) is 1.33. The van der Waals surface area contributed by atoms with Crippen molar-refractivity contribution in [1.29, 1.82) is 0 Å². The number of alkyl halides is 1. The molecule has 134 valence electrons. The molecule has 7 heteroatoms. The Morgan fingerprint density at radius 1 is 1.36 bits per heavy atom. The maximum Gasteiger partial charge on any atom is 0.293 e. The van der Waals surface area contributed by atoms with Crippen LogP contribution >= 0.6 is 0 Å². The number of ether oxygens (including phenoxy) is 1. The van der Waals surface area contributed by atoms with Gasteiger partial charge in [-0.25, -0.2) is 4.39 Å². The van der Waals surface area contributed by atoms with Gasteiger partial charge < -0.3 is 19.7 Å². The molecule has 1 aromatic carbocycles. The van der Waals surface area contributed by atoms with Crippen molar-refractivity contribution in [1.82, 2.24) is 9.88 Å². The standard InChI is InChI=1S/C18H21FN2O4/c1-12-5-3-6-14(9-12)25-8-4-7-20-17(23)15-10-13(11-19)21(2)18(24)16(15)22/h3,5-6,9-10,22H,4,7-8,11H2,1-2H3,(H,20,23). The number of hydrogen-bond donors (Lipinski definition) is 2. The minimum absolute atomic E-state index is 0.0238. The molecule has 25 heavy (non-hydrogen) atoms. The third-order valence-electron chi connectivity index (χ3n) is 3.75. The number of amides is 1. The average molecular weight is 348 g/mol. The van der Waals surface area contributed by atoms with E-state index in [-0.39, 0.29) is 11.3 Å². The number of benzene rings is 1. The Kier molecular flexibility index (Phi) is 6.16. The molecular formula is C18H21FN2O4. The minimum Gasteiger partial charge on any atom is -0.502 e. The van der Waals surface area contributed by atoms with E-state index >= 15 is 0 Å². The molecule has 0 bridgehead atoms. The number of aromatic hydroxyl groups is 1. The summed E-state index contributed by atoms with van der Waals surface area (Å²) in [6.45, 7) is 1.76. The van der Waals surface area contributed by atoms with Crippen molar-refractivity contribution in [2.45, 2.75) is 20.0 Å². The van der Waals surface area contributed by atoms with Crippen LogP contribution in [0, 0.1) is 6.92 Å². The van der Waals surface area contributed by atoms with Crippen LogP contribution < -0.4 is 15.6 Å². The van der Waals surface area contributed by atoms with E-state index in [0.717, 1.165) is 15.9 Å². The van der Waals surface area contributed by atoms with Gasteiger partial charge in [-0.1, -0.05) is 12.1 Å². The topological polar surface area (TPSA) is 80.6 Å². The molecule has 0 aliphatic heterocycles. The number of aromatic nitrogens is 1. The number of rotatable bonds is 7. The van der Waals surface area contributed by atoms with Gasteiger partial charge in [-0.2, -0.15) is 0 Å². The Bertz CT molecular complexity index is 817. The molecule has 0 spiro atoms. The summed E-state index contributed by atoms with van der Waals surface area (Å²) in [4.78, 5) is 23.9. The van der Waals surface area contributed by atoms with Gasteiger partial charge in [0.15, 0.2) is 5.75 Å². The van der Waals surface area contributed by atoms with E-state index in [1.165, 1.54) is 13.1 Å². The lowest BCUT2D eigenvalue weighted by Gasteiger charge is -2.11. The van der Waals surface area contributed by atoms with Gasteiger partial charge >= 0.3 is 0 Å². The zero-order valence-electron chi connectivity index (χ0n) is 14.2. The lowest BCUT2D eigenvalue weighted by Crippen LogP contribution is -2.29. The highest BCUT2D eigenvalue weighted by atomic mass is 19.1. The van der Waals surface area contributed by atoms with E-state index in [1.54, 1.807) is 0 Å². The van der Waals surface area contributed by atoms with Crippen LogP contribution in [0.25, 0.3) is 0 Å². The highest BCUT2D eigenvalue weighted by molar-refractivity contribution is 5.96. The Hall–Kier alpha value is -2.83. The number of nitrogens with zero attached hydrogens (tertiary/aromatic N) is 1. The quantitative estimate of drug-likeness (QED) is 0.751. The molecule has 0 fully saturated rings. The second kappa shape index (κ2) is 8.32. The van der Waals surface area contributed by atoms with Crippen molar-refractivity contribution >= 4 is 5.91 Å². The fourth-order valence-corrected chi connectivity index (χ4v) is 2.30. The first-order valence-corrected chi connectivity index (χ1v) is 7.89. The third kappa shape index (κ3) is 4.59. The number of carbonyl (C=O) groups excluding carboxylic acids is 1. The number of nitrogens with one attached hydrogen (secondary N) is 1. The lowest BCUT2D eigenvalue weighted by molar-refractivity contribution is 0.0948. The van der Waals surface area contributed by atoms with Crippen molar-refractivity contribution in [3.63, 3.8) is 0 Å². The highest BCUT2D eigenvalue weighted by Gasteiger charge is 2.17. The molecule has 0 saturated carbocycles. The van der Waals surface area contributed by atoms with Crippen LogP contribution in [0.15, 0.2) is 35.1 Å². The van der Waals surface area contributed by atoms with Crippen LogP contribution in [-0.4, -0.2) is 28.7 Å². The molecule has 1 aromatic heterocycles. The Balaban J connectivity index is 1.88. The van der Waals surface area contributed by atoms with Gasteiger partial charge in [0.2, 0.25) is 0 Å². The van der Waals surface area contributed by atoms with Gasteiger partial charge in [-0.3, -0.25) is 9.59 Å². The number of halogens is 1. The zero-order chi connectivity index (χ0) is 18.4. The van der Waals surface area contributed by atoms with Crippen molar-refractivity contribution in [2.75, 3.05) is 13.2 Å². The fraction of sp³-hybridized carbons (Fsp3) is 0.333. The summed E-state index contributed by atoms with van der Waals surface area (Å²) in [5.41, 5.74) is 0.0877. The second-order valence-corrected chi connectivity index (χ2v) is 5.67.